The van der Waals surface area contributed by atoms with E-state index < -0.39 is 0 Å². The summed E-state index contributed by atoms with van der Waals surface area (Å²) in [5, 5.41) is 5.84. The van der Waals surface area contributed by atoms with Gasteiger partial charge >= 0.3 is 0 Å². The van der Waals surface area contributed by atoms with Crippen LogP contribution in [0.4, 0.5) is 0 Å². The Kier molecular flexibility index (Phi) is 4.13. The Morgan fingerprint density at radius 1 is 1.14 bits per heavy atom. The van der Waals surface area contributed by atoms with Crippen molar-refractivity contribution in [1.29, 1.82) is 0 Å². The summed E-state index contributed by atoms with van der Waals surface area (Å²) in [7, 11) is 0. The molecule has 4 rings (SSSR count). The number of piperidine rings is 1. The lowest BCUT2D eigenvalue weighted by molar-refractivity contribution is -0.919. The minimum absolute atomic E-state index is 0.598. The number of hydrogen-bond donors (Lipinski definition) is 1. The largest absolute Gasteiger partial charge is 0.329 e. The zero-order chi connectivity index (χ0) is 14.9. The summed E-state index contributed by atoms with van der Waals surface area (Å²) >= 11 is 9.88. The summed E-state index contributed by atoms with van der Waals surface area (Å²) in [6, 6.07) is 4.18. The van der Waals surface area contributed by atoms with Crippen molar-refractivity contribution < 1.29 is 4.90 Å². The fourth-order valence-electron chi connectivity index (χ4n) is 3.09. The van der Waals surface area contributed by atoms with E-state index in [0.717, 1.165) is 28.1 Å². The van der Waals surface area contributed by atoms with Crippen LogP contribution in [-0.4, -0.2) is 23.1 Å². The first-order valence-corrected chi connectivity index (χ1v) is 9.76. The van der Waals surface area contributed by atoms with Crippen molar-refractivity contribution in [3.8, 4) is 10.4 Å². The van der Waals surface area contributed by atoms with Crippen LogP contribution < -0.4 is 4.90 Å². The average molecular weight is 351 g/mol. The van der Waals surface area contributed by atoms with Crippen LogP contribution in [0.1, 0.15) is 25.1 Å². The highest BCUT2D eigenvalue weighted by Crippen LogP contribution is 2.38. The summed E-state index contributed by atoms with van der Waals surface area (Å²) in [4.78, 5) is 13.2. The third-order valence-electron chi connectivity index (χ3n) is 4.19. The number of nitrogens with zero attached hydrogens (tertiary/aromatic N) is 2. The average Bonchev–Trinajstić information content (AvgIpc) is 3.16. The molecule has 0 radical (unpaired) electrons. The van der Waals surface area contributed by atoms with Crippen molar-refractivity contribution in [1.82, 2.24) is 9.97 Å². The highest BCUT2D eigenvalue weighted by Gasteiger charge is 2.19. The molecule has 22 heavy (non-hydrogen) atoms. The minimum Gasteiger partial charge on any atom is -0.329 e. The number of likely N-dealkylation sites (tertiary alicyclic amines) is 1. The molecule has 0 unspecified atom stereocenters. The summed E-state index contributed by atoms with van der Waals surface area (Å²) in [5.74, 6) is 0.883. The molecule has 0 amide bonds. The Balaban J connectivity index is 1.69. The van der Waals surface area contributed by atoms with Gasteiger partial charge in [0.05, 0.1) is 18.5 Å². The van der Waals surface area contributed by atoms with E-state index in [9.17, 15) is 0 Å². The smallest absolute Gasteiger partial charge is 0.186 e. The predicted octanol–water partition coefficient (Wildman–Crippen LogP) is 3.64. The fraction of sp³-hybridized carbons (Fsp3) is 0.375. The van der Waals surface area contributed by atoms with Crippen molar-refractivity contribution in [3.63, 3.8) is 0 Å². The number of nitrogens with one attached hydrogen (secondary N) is 1. The molecule has 3 aromatic heterocycles. The SMILES string of the molecule is Clc1nc(C[NH+]2CCCCC2)nc2scc(-c3cccs3)c12. The van der Waals surface area contributed by atoms with Crippen molar-refractivity contribution in [3.05, 3.63) is 33.9 Å². The van der Waals surface area contributed by atoms with Crippen LogP contribution in [0.25, 0.3) is 20.7 Å². The van der Waals surface area contributed by atoms with Crippen LogP contribution in [0.15, 0.2) is 22.9 Å². The van der Waals surface area contributed by atoms with Crippen LogP contribution in [0.5, 0.6) is 0 Å². The molecule has 1 aliphatic rings. The van der Waals surface area contributed by atoms with Gasteiger partial charge in [0.1, 0.15) is 16.5 Å². The molecular weight excluding hydrogens is 334 g/mol. The van der Waals surface area contributed by atoms with Crippen molar-refractivity contribution in [2.75, 3.05) is 13.1 Å². The highest BCUT2D eigenvalue weighted by atomic mass is 35.5. The standard InChI is InChI=1S/C16H16ClN3S2/c17-15-14-11(12-5-4-8-21-12)10-22-16(14)19-13(18-15)9-20-6-2-1-3-7-20/h4-5,8,10H,1-3,6-7,9H2/p+1. The summed E-state index contributed by atoms with van der Waals surface area (Å²) in [6.07, 6.45) is 3.99. The van der Waals surface area contributed by atoms with Gasteiger partial charge < -0.3 is 4.90 Å². The van der Waals surface area contributed by atoms with E-state index in [4.69, 9.17) is 16.6 Å². The lowest BCUT2D eigenvalue weighted by atomic mass is 10.1. The molecule has 0 aromatic carbocycles. The minimum atomic E-state index is 0.598. The number of thiophene rings is 2. The first kappa shape index (κ1) is 14.6. The van der Waals surface area contributed by atoms with Gasteiger partial charge in [-0.1, -0.05) is 17.7 Å². The van der Waals surface area contributed by atoms with E-state index in [1.54, 1.807) is 27.6 Å². The lowest BCUT2D eigenvalue weighted by Gasteiger charge is -2.22. The van der Waals surface area contributed by atoms with Gasteiger partial charge in [-0.2, -0.15) is 0 Å². The number of quaternary nitrogens is 1. The second-order valence-electron chi connectivity index (χ2n) is 5.72. The highest BCUT2D eigenvalue weighted by molar-refractivity contribution is 7.18. The van der Waals surface area contributed by atoms with E-state index in [0.29, 0.717) is 5.15 Å². The van der Waals surface area contributed by atoms with Gasteiger partial charge in [0.25, 0.3) is 0 Å². The van der Waals surface area contributed by atoms with Crippen molar-refractivity contribution in [2.24, 2.45) is 0 Å². The molecule has 3 nitrogen and oxygen atoms in total. The maximum absolute atomic E-state index is 6.49. The number of halogens is 1. The Morgan fingerprint density at radius 3 is 2.77 bits per heavy atom. The molecule has 0 atom stereocenters. The molecule has 0 saturated carbocycles. The van der Waals surface area contributed by atoms with Crippen LogP contribution in [-0.2, 0) is 6.54 Å². The zero-order valence-electron chi connectivity index (χ0n) is 12.1. The van der Waals surface area contributed by atoms with Gasteiger partial charge in [-0.25, -0.2) is 9.97 Å². The lowest BCUT2D eigenvalue weighted by Crippen LogP contribution is -3.11. The van der Waals surface area contributed by atoms with Gasteiger partial charge in [0, 0.05) is 15.8 Å². The second-order valence-corrected chi connectivity index (χ2v) is 7.89. The fourth-order valence-corrected chi connectivity index (χ4v) is 5.21. The Morgan fingerprint density at radius 2 is 2.00 bits per heavy atom. The molecule has 114 valence electrons. The van der Waals surface area contributed by atoms with Crippen LogP contribution in [0.2, 0.25) is 5.15 Å². The maximum atomic E-state index is 6.49. The summed E-state index contributed by atoms with van der Waals surface area (Å²) in [6.45, 7) is 3.34. The predicted molar refractivity (Wildman–Crippen MR) is 94.0 cm³/mol. The van der Waals surface area contributed by atoms with Crippen molar-refractivity contribution >= 4 is 44.5 Å². The molecule has 0 bridgehead atoms. The molecule has 0 aliphatic carbocycles. The first-order chi connectivity index (χ1) is 10.8. The first-order valence-electron chi connectivity index (χ1n) is 7.62. The van der Waals surface area contributed by atoms with Gasteiger partial charge in [-0.15, -0.1) is 22.7 Å². The van der Waals surface area contributed by atoms with Gasteiger partial charge in [0.2, 0.25) is 0 Å². The normalized spacial score (nSPS) is 16.4. The van der Waals surface area contributed by atoms with Gasteiger partial charge in [-0.05, 0) is 30.7 Å². The molecule has 6 heteroatoms. The molecule has 3 aromatic rings. The topological polar surface area (TPSA) is 30.2 Å². The number of hydrogen-bond acceptors (Lipinski definition) is 4. The Hall–Kier alpha value is -1.01. The molecule has 1 N–H and O–H groups in total. The van der Waals surface area contributed by atoms with E-state index in [1.165, 1.54) is 37.2 Å². The molecule has 4 heterocycles. The summed E-state index contributed by atoms with van der Waals surface area (Å²) in [5.41, 5.74) is 1.16. The molecule has 1 aliphatic heterocycles. The van der Waals surface area contributed by atoms with E-state index in [-0.39, 0.29) is 0 Å². The number of fused-ring (bicyclic) bond motifs is 1. The van der Waals surface area contributed by atoms with Gasteiger partial charge in [-0.3, -0.25) is 0 Å². The Bertz CT molecular complexity index is 776. The van der Waals surface area contributed by atoms with E-state index >= 15 is 0 Å². The van der Waals surface area contributed by atoms with Crippen LogP contribution in [0.3, 0.4) is 0 Å². The monoisotopic (exact) mass is 350 g/mol. The third-order valence-corrected chi connectivity index (χ3v) is 6.24. The van der Waals surface area contributed by atoms with Gasteiger partial charge in [0.15, 0.2) is 5.82 Å². The molecule has 1 fully saturated rings. The molecule has 1 saturated heterocycles. The molecule has 0 spiro atoms. The number of rotatable bonds is 3. The Labute approximate surface area is 142 Å². The maximum Gasteiger partial charge on any atom is 0.186 e. The molecular formula is C16H17ClN3S2+. The second kappa shape index (κ2) is 6.24. The van der Waals surface area contributed by atoms with Crippen molar-refractivity contribution in [2.45, 2.75) is 25.8 Å². The summed E-state index contributed by atoms with van der Waals surface area (Å²) < 4.78 is 0. The quantitative estimate of drug-likeness (QED) is 0.731. The van der Waals surface area contributed by atoms with Crippen LogP contribution in [0, 0.1) is 0 Å². The van der Waals surface area contributed by atoms with E-state index in [2.05, 4.69) is 27.9 Å². The zero-order valence-corrected chi connectivity index (χ0v) is 14.5. The number of aromatic nitrogens is 2. The van der Waals surface area contributed by atoms with Crippen LogP contribution >= 0.6 is 34.3 Å². The third kappa shape index (κ3) is 2.78. The van der Waals surface area contributed by atoms with E-state index in [1.807, 2.05) is 0 Å².